The van der Waals surface area contributed by atoms with E-state index in [9.17, 15) is 39.8 Å². The highest BCUT2D eigenvalue weighted by Crippen LogP contribution is 2.47. The van der Waals surface area contributed by atoms with E-state index in [1.54, 1.807) is 0 Å². The van der Waals surface area contributed by atoms with E-state index < -0.39 is 63.1 Å². The van der Waals surface area contributed by atoms with Crippen LogP contribution in [0.15, 0.2) is 60.8 Å². The van der Waals surface area contributed by atoms with Crippen molar-refractivity contribution in [3.63, 3.8) is 0 Å². The highest BCUT2D eigenvalue weighted by atomic mass is 31.2. The number of aliphatic hydroxyl groups is 5. The van der Waals surface area contributed by atoms with Crippen LogP contribution in [0.4, 0.5) is 0 Å². The normalized spacial score (nSPS) is 22.5. The van der Waals surface area contributed by atoms with E-state index in [0.717, 1.165) is 96.3 Å². The second-order valence-corrected chi connectivity index (χ2v) is 18.0. The molecule has 6 atom stereocenters. The average molecular weight is 899 g/mol. The summed E-state index contributed by atoms with van der Waals surface area (Å²) < 4.78 is 34.2. The molecule has 0 bridgehead atoms. The maximum atomic E-state index is 12.8. The summed E-state index contributed by atoms with van der Waals surface area (Å²) >= 11 is 0. The molecule has 12 nitrogen and oxygen atoms in total. The van der Waals surface area contributed by atoms with Gasteiger partial charge in [-0.3, -0.25) is 13.8 Å². The van der Waals surface area contributed by atoms with E-state index in [4.69, 9.17) is 18.5 Å². The Labute approximate surface area is 375 Å². The lowest BCUT2D eigenvalue weighted by molar-refractivity contribution is -0.220. The number of allylic oxidation sites excluding steroid dienone is 10. The number of phosphoric acid groups is 1. The highest BCUT2D eigenvalue weighted by Gasteiger charge is 2.51. The fourth-order valence-electron chi connectivity index (χ4n) is 7.09. The van der Waals surface area contributed by atoms with Crippen LogP contribution in [0.25, 0.3) is 0 Å². The summed E-state index contributed by atoms with van der Waals surface area (Å²) in [4.78, 5) is 23.2. The van der Waals surface area contributed by atoms with Crippen LogP contribution in [0.5, 0.6) is 0 Å². The molecule has 360 valence electrons. The Morgan fingerprint density at radius 1 is 0.532 bits per heavy atom. The van der Waals surface area contributed by atoms with Gasteiger partial charge in [0.2, 0.25) is 0 Å². The first kappa shape index (κ1) is 58.1. The lowest BCUT2D eigenvalue weighted by Gasteiger charge is -2.41. The molecular formula is C49H87O12P. The predicted octanol–water partition coefficient (Wildman–Crippen LogP) is 10.2. The van der Waals surface area contributed by atoms with Crippen molar-refractivity contribution < 1.29 is 58.3 Å². The molecule has 0 aromatic heterocycles. The topological polar surface area (TPSA) is 192 Å². The molecule has 1 aliphatic carbocycles. The van der Waals surface area contributed by atoms with Gasteiger partial charge in [-0.2, -0.15) is 0 Å². The third kappa shape index (κ3) is 31.0. The summed E-state index contributed by atoms with van der Waals surface area (Å²) in [6.45, 7) is 4.11. The Morgan fingerprint density at radius 2 is 0.952 bits per heavy atom. The van der Waals surface area contributed by atoms with Gasteiger partial charge < -0.3 is 39.9 Å². The van der Waals surface area contributed by atoms with Gasteiger partial charge in [0.1, 0.15) is 42.7 Å². The zero-order chi connectivity index (χ0) is 45.5. The Morgan fingerprint density at radius 3 is 1.45 bits per heavy atom. The van der Waals surface area contributed by atoms with Crippen LogP contribution in [0.3, 0.4) is 0 Å². The molecule has 1 aliphatic rings. The zero-order valence-electron chi connectivity index (χ0n) is 38.4. The van der Waals surface area contributed by atoms with Gasteiger partial charge in [-0.1, -0.05) is 177 Å². The first-order valence-corrected chi connectivity index (χ1v) is 25.6. The number of carbonyl (C=O) groups is 1. The zero-order valence-corrected chi connectivity index (χ0v) is 39.3. The van der Waals surface area contributed by atoms with E-state index in [-0.39, 0.29) is 13.0 Å². The molecular weight excluding hydrogens is 812 g/mol. The van der Waals surface area contributed by atoms with Crippen molar-refractivity contribution in [2.24, 2.45) is 0 Å². The number of phosphoric ester groups is 1. The van der Waals surface area contributed by atoms with Gasteiger partial charge >= 0.3 is 13.8 Å². The molecule has 0 saturated heterocycles. The number of carbonyl (C=O) groups excluding carboxylic acids is 1. The summed E-state index contributed by atoms with van der Waals surface area (Å²) in [5.74, 6) is -0.484. The minimum absolute atomic E-state index is 0.0874. The van der Waals surface area contributed by atoms with Crippen LogP contribution < -0.4 is 0 Å². The minimum Gasteiger partial charge on any atom is -0.457 e. The van der Waals surface area contributed by atoms with Crippen molar-refractivity contribution in [1.82, 2.24) is 0 Å². The molecule has 0 radical (unpaired) electrons. The van der Waals surface area contributed by atoms with Crippen LogP contribution in [0.1, 0.15) is 181 Å². The van der Waals surface area contributed by atoms with Crippen LogP contribution in [0.2, 0.25) is 0 Å². The number of unbranched alkanes of at least 4 members (excludes halogenated alkanes) is 18. The summed E-state index contributed by atoms with van der Waals surface area (Å²) in [6.07, 6.45) is 37.1. The van der Waals surface area contributed by atoms with Crippen molar-refractivity contribution >= 4 is 13.8 Å². The number of hydrogen-bond donors (Lipinski definition) is 6. The number of aliphatic hydroxyl groups excluding tert-OH is 5. The smallest absolute Gasteiger partial charge is 0.457 e. The second kappa shape index (κ2) is 39.4. The molecule has 6 N–H and O–H groups in total. The third-order valence-corrected chi connectivity index (χ3v) is 11.9. The molecule has 13 heteroatoms. The van der Waals surface area contributed by atoms with E-state index in [2.05, 4.69) is 74.6 Å². The molecule has 0 aromatic rings. The molecule has 1 fully saturated rings. The molecule has 0 heterocycles. The summed E-state index contributed by atoms with van der Waals surface area (Å²) in [6, 6.07) is 0. The van der Waals surface area contributed by atoms with E-state index in [1.165, 1.54) is 57.8 Å². The van der Waals surface area contributed by atoms with Gasteiger partial charge in [0.05, 0.1) is 13.2 Å². The number of rotatable bonds is 40. The lowest BCUT2D eigenvalue weighted by Crippen LogP contribution is -2.64. The van der Waals surface area contributed by atoms with Crippen LogP contribution in [-0.4, -0.2) is 98.9 Å². The Hall–Kier alpha value is -1.96. The Balaban J connectivity index is 2.37. The summed E-state index contributed by atoms with van der Waals surface area (Å²) in [5, 5.41) is 50.2. The first-order valence-electron chi connectivity index (χ1n) is 24.1. The van der Waals surface area contributed by atoms with Crippen LogP contribution in [0, 0.1) is 0 Å². The van der Waals surface area contributed by atoms with Crippen LogP contribution >= 0.6 is 7.82 Å². The molecule has 1 saturated carbocycles. The monoisotopic (exact) mass is 899 g/mol. The molecule has 6 unspecified atom stereocenters. The van der Waals surface area contributed by atoms with Gasteiger partial charge in [-0.25, -0.2) is 4.57 Å². The number of ether oxygens (including phenoxy) is 2. The minimum atomic E-state index is -5.02. The molecule has 0 amide bonds. The first-order chi connectivity index (χ1) is 30.0. The van der Waals surface area contributed by atoms with E-state index in [1.807, 2.05) is 0 Å². The Bertz CT molecular complexity index is 1250. The largest absolute Gasteiger partial charge is 0.472 e. The standard InChI is InChI=1S/C49H87O12P/c1-3-5-7-9-11-13-15-17-18-19-20-21-22-23-24-25-27-29-31-33-35-37-39-58-40-42(41-59-62(56,57)61-49-47(54)45(52)44(51)46(53)48(49)55)60-43(50)38-36-34-32-30-28-26-16-14-12-10-8-6-4-2/h5,7,11,13,17-18,20-21,23-24,42,44-49,51-55H,3-4,6,8-10,12,14-16,19,22,25-41H2,1-2H3,(H,56,57)/b7-5-,13-11-,18-17-,21-20-,24-23-. The fourth-order valence-corrected chi connectivity index (χ4v) is 8.06. The Kier molecular flexibility index (Phi) is 36.9. The SMILES string of the molecule is CC/C=C\C/C=C\C/C=C\C/C=C\C/C=C\CCCCCCCCOCC(COP(=O)(O)OC1C(O)C(O)C(O)C(O)C1O)OC(=O)CCCCCCCCCCCCCCC. The van der Waals surface area contributed by atoms with Crippen LogP contribution in [-0.2, 0) is 27.9 Å². The third-order valence-electron chi connectivity index (χ3n) is 10.9. The highest BCUT2D eigenvalue weighted by molar-refractivity contribution is 7.47. The van der Waals surface area contributed by atoms with Crippen molar-refractivity contribution in [2.45, 2.75) is 224 Å². The second-order valence-electron chi connectivity index (χ2n) is 16.6. The maximum absolute atomic E-state index is 12.8. The van der Waals surface area contributed by atoms with Crippen molar-refractivity contribution in [2.75, 3.05) is 19.8 Å². The quantitative estimate of drug-likeness (QED) is 0.0148. The van der Waals surface area contributed by atoms with Gasteiger partial charge in [0.25, 0.3) is 0 Å². The molecule has 62 heavy (non-hydrogen) atoms. The number of esters is 1. The van der Waals surface area contributed by atoms with Gasteiger partial charge in [-0.15, -0.1) is 0 Å². The molecule has 0 spiro atoms. The van der Waals surface area contributed by atoms with Gasteiger partial charge in [-0.05, 0) is 57.8 Å². The van der Waals surface area contributed by atoms with Crippen molar-refractivity contribution in [3.8, 4) is 0 Å². The van der Waals surface area contributed by atoms with E-state index in [0.29, 0.717) is 13.0 Å². The van der Waals surface area contributed by atoms with Crippen molar-refractivity contribution in [1.29, 1.82) is 0 Å². The maximum Gasteiger partial charge on any atom is 0.472 e. The number of hydrogen-bond acceptors (Lipinski definition) is 11. The predicted molar refractivity (Wildman–Crippen MR) is 248 cm³/mol. The molecule has 1 rings (SSSR count). The summed E-state index contributed by atoms with van der Waals surface area (Å²) in [7, 11) is -5.02. The van der Waals surface area contributed by atoms with Crippen molar-refractivity contribution in [3.05, 3.63) is 60.8 Å². The molecule has 0 aromatic carbocycles. The van der Waals surface area contributed by atoms with E-state index >= 15 is 0 Å². The fraction of sp³-hybridized carbons (Fsp3) is 0.776. The van der Waals surface area contributed by atoms with Gasteiger partial charge in [0.15, 0.2) is 0 Å². The van der Waals surface area contributed by atoms with Gasteiger partial charge in [0, 0.05) is 13.0 Å². The lowest BCUT2D eigenvalue weighted by atomic mass is 9.85. The summed E-state index contributed by atoms with van der Waals surface area (Å²) in [5.41, 5.74) is 0. The molecule has 0 aliphatic heterocycles. The average Bonchev–Trinajstić information content (AvgIpc) is 3.26.